The third kappa shape index (κ3) is 4.17. The van der Waals surface area contributed by atoms with E-state index in [0.717, 1.165) is 12.1 Å². The molecule has 0 spiro atoms. The van der Waals surface area contributed by atoms with Crippen LogP contribution in [0.1, 0.15) is 18.2 Å². The van der Waals surface area contributed by atoms with Crippen molar-refractivity contribution >= 4 is 21.4 Å². The number of sulfonamides is 1. The molecule has 0 saturated heterocycles. The van der Waals surface area contributed by atoms with E-state index >= 15 is 0 Å². The minimum absolute atomic E-state index is 0.0317. The molecule has 0 unspecified atom stereocenters. The predicted molar refractivity (Wildman–Crippen MR) is 79.3 cm³/mol. The maximum Gasteiger partial charge on any atom is 0.273 e. The van der Waals surface area contributed by atoms with Gasteiger partial charge in [0.2, 0.25) is 5.09 Å². The first-order valence-electron chi connectivity index (χ1n) is 6.42. The Balaban J connectivity index is 1.90. The largest absolute Gasteiger partial charge is 0.447 e. The molecule has 0 aliphatic heterocycles. The number of furan rings is 1. The molecule has 0 atom stereocenters. The highest BCUT2D eigenvalue weighted by Crippen LogP contribution is 2.14. The molecule has 0 aromatic carbocycles. The highest BCUT2D eigenvalue weighted by Gasteiger charge is 2.18. The maximum atomic E-state index is 12.0. The summed E-state index contributed by atoms with van der Waals surface area (Å²) in [7, 11) is -3.56. The zero-order valence-electron chi connectivity index (χ0n) is 11.3. The Morgan fingerprint density at radius 2 is 2.15 bits per heavy atom. The van der Waals surface area contributed by atoms with E-state index in [-0.39, 0.29) is 5.09 Å². The van der Waals surface area contributed by atoms with Crippen LogP contribution in [-0.4, -0.2) is 21.5 Å². The number of hydrogen-bond acceptors (Lipinski definition) is 5. The van der Waals surface area contributed by atoms with Gasteiger partial charge in [-0.1, -0.05) is 6.92 Å². The fraction of sp³-hybridized carbons (Fsp3) is 0.385. The first-order valence-corrected chi connectivity index (χ1v) is 8.84. The summed E-state index contributed by atoms with van der Waals surface area (Å²) in [5.74, 6) is 0.616. The average molecular weight is 314 g/mol. The second kappa shape index (κ2) is 7.03. The molecule has 2 N–H and O–H groups in total. The smallest absolute Gasteiger partial charge is 0.273 e. The van der Waals surface area contributed by atoms with E-state index in [9.17, 15) is 8.42 Å². The Labute approximate surface area is 123 Å². The molecule has 7 heteroatoms. The van der Waals surface area contributed by atoms with Crippen LogP contribution in [0, 0.1) is 0 Å². The van der Waals surface area contributed by atoms with Gasteiger partial charge in [-0.05, 0) is 47.5 Å². The number of hydrogen-bond donors (Lipinski definition) is 2. The average Bonchev–Trinajstić information content (AvgIpc) is 3.07. The third-order valence-corrected chi connectivity index (χ3v) is 4.80. The van der Waals surface area contributed by atoms with Crippen LogP contribution in [0.4, 0.5) is 0 Å². The minimum Gasteiger partial charge on any atom is -0.447 e. The van der Waals surface area contributed by atoms with E-state index in [1.54, 1.807) is 17.4 Å². The van der Waals surface area contributed by atoms with E-state index in [1.165, 1.54) is 6.07 Å². The lowest BCUT2D eigenvalue weighted by molar-refractivity contribution is 0.401. The Morgan fingerprint density at radius 1 is 1.30 bits per heavy atom. The quantitative estimate of drug-likeness (QED) is 0.781. The maximum absolute atomic E-state index is 12.0. The Bertz CT molecular complexity index is 618. The van der Waals surface area contributed by atoms with Crippen molar-refractivity contribution in [2.24, 2.45) is 0 Å². The monoisotopic (exact) mass is 314 g/mol. The predicted octanol–water partition coefficient (Wildman–Crippen LogP) is 1.97. The molecule has 0 bridgehead atoms. The van der Waals surface area contributed by atoms with Gasteiger partial charge in [-0.2, -0.15) is 11.3 Å². The molecule has 0 radical (unpaired) electrons. The zero-order chi connectivity index (χ0) is 14.4. The van der Waals surface area contributed by atoms with Gasteiger partial charge in [-0.25, -0.2) is 13.1 Å². The molecule has 0 fully saturated rings. The van der Waals surface area contributed by atoms with Crippen LogP contribution in [0.15, 0.2) is 38.5 Å². The van der Waals surface area contributed by atoms with Gasteiger partial charge in [0.1, 0.15) is 5.76 Å². The topological polar surface area (TPSA) is 71.3 Å². The van der Waals surface area contributed by atoms with Crippen LogP contribution in [0.3, 0.4) is 0 Å². The van der Waals surface area contributed by atoms with Crippen molar-refractivity contribution in [3.05, 3.63) is 40.3 Å². The summed E-state index contributed by atoms with van der Waals surface area (Å²) >= 11 is 1.60. The molecule has 0 aliphatic carbocycles. The van der Waals surface area contributed by atoms with Crippen LogP contribution in [-0.2, 0) is 23.0 Å². The van der Waals surface area contributed by atoms with Crippen molar-refractivity contribution in [3.63, 3.8) is 0 Å². The molecule has 2 aromatic heterocycles. The van der Waals surface area contributed by atoms with E-state index in [2.05, 4.69) is 10.0 Å². The normalized spacial score (nSPS) is 11.8. The van der Waals surface area contributed by atoms with Crippen LogP contribution in [0.2, 0.25) is 0 Å². The zero-order valence-corrected chi connectivity index (χ0v) is 12.9. The van der Waals surface area contributed by atoms with Gasteiger partial charge in [0.15, 0.2) is 0 Å². The Kier molecular flexibility index (Phi) is 5.36. The molecular formula is C13H18N2O3S2. The minimum atomic E-state index is -3.56. The summed E-state index contributed by atoms with van der Waals surface area (Å²) in [5.41, 5.74) is 1.13. The summed E-state index contributed by atoms with van der Waals surface area (Å²) in [4.78, 5) is 0. The third-order valence-electron chi connectivity index (χ3n) is 2.74. The summed E-state index contributed by atoms with van der Waals surface area (Å²) < 4.78 is 31.9. The Hall–Kier alpha value is -1.15. The van der Waals surface area contributed by atoms with Gasteiger partial charge >= 0.3 is 0 Å². The van der Waals surface area contributed by atoms with Crippen molar-refractivity contribution in [1.29, 1.82) is 0 Å². The standard InChI is InChI=1S/C13H18N2O3S2/c1-2-14-9-12-3-4-13(18-12)20(16,17)15-7-5-11-6-8-19-10-11/h3-4,6,8,10,14-15H,2,5,7,9H2,1H3. The molecule has 0 saturated carbocycles. The van der Waals surface area contributed by atoms with Crippen molar-refractivity contribution in [2.45, 2.75) is 25.0 Å². The van der Waals surface area contributed by atoms with Crippen molar-refractivity contribution in [1.82, 2.24) is 10.0 Å². The molecule has 2 aromatic rings. The van der Waals surface area contributed by atoms with Crippen LogP contribution >= 0.6 is 11.3 Å². The number of thiophene rings is 1. The van der Waals surface area contributed by atoms with E-state index in [0.29, 0.717) is 25.3 Å². The molecule has 110 valence electrons. The summed E-state index contributed by atoms with van der Waals surface area (Å²) in [5, 5.41) is 7.04. The lowest BCUT2D eigenvalue weighted by Gasteiger charge is -2.03. The fourth-order valence-electron chi connectivity index (χ4n) is 1.68. The van der Waals surface area contributed by atoms with Gasteiger partial charge in [0.25, 0.3) is 10.0 Å². The van der Waals surface area contributed by atoms with Gasteiger partial charge in [0.05, 0.1) is 6.54 Å². The molecule has 0 amide bonds. The first kappa shape index (κ1) is 15.2. The van der Waals surface area contributed by atoms with Crippen molar-refractivity contribution in [2.75, 3.05) is 13.1 Å². The molecule has 2 heterocycles. The lowest BCUT2D eigenvalue weighted by Crippen LogP contribution is -2.25. The molecule has 2 rings (SSSR count). The molecule has 5 nitrogen and oxygen atoms in total. The van der Waals surface area contributed by atoms with Crippen LogP contribution in [0.5, 0.6) is 0 Å². The highest BCUT2D eigenvalue weighted by atomic mass is 32.2. The van der Waals surface area contributed by atoms with Gasteiger partial charge in [-0.3, -0.25) is 0 Å². The van der Waals surface area contributed by atoms with E-state index < -0.39 is 10.0 Å². The number of rotatable bonds is 8. The first-order chi connectivity index (χ1) is 9.62. The second-order valence-electron chi connectivity index (χ2n) is 4.28. The fourth-order valence-corrected chi connectivity index (χ4v) is 3.36. The Morgan fingerprint density at radius 3 is 2.85 bits per heavy atom. The highest BCUT2D eigenvalue weighted by molar-refractivity contribution is 7.89. The van der Waals surface area contributed by atoms with Crippen molar-refractivity contribution in [3.8, 4) is 0 Å². The van der Waals surface area contributed by atoms with E-state index in [1.807, 2.05) is 23.8 Å². The van der Waals surface area contributed by atoms with Crippen LogP contribution in [0.25, 0.3) is 0 Å². The molecule has 20 heavy (non-hydrogen) atoms. The van der Waals surface area contributed by atoms with Crippen molar-refractivity contribution < 1.29 is 12.8 Å². The second-order valence-corrected chi connectivity index (χ2v) is 6.76. The molecular weight excluding hydrogens is 296 g/mol. The summed E-state index contributed by atoms with van der Waals surface area (Å²) in [6.07, 6.45) is 0.674. The van der Waals surface area contributed by atoms with Crippen LogP contribution < -0.4 is 10.0 Å². The number of nitrogens with one attached hydrogen (secondary N) is 2. The van der Waals surface area contributed by atoms with Gasteiger partial charge in [0, 0.05) is 6.54 Å². The van der Waals surface area contributed by atoms with Gasteiger partial charge in [-0.15, -0.1) is 0 Å². The van der Waals surface area contributed by atoms with E-state index in [4.69, 9.17) is 4.42 Å². The summed E-state index contributed by atoms with van der Waals surface area (Å²) in [6.45, 7) is 3.68. The SMILES string of the molecule is CCNCc1ccc(S(=O)(=O)NCCc2ccsc2)o1. The van der Waals surface area contributed by atoms with Gasteiger partial charge < -0.3 is 9.73 Å². The molecule has 0 aliphatic rings. The summed E-state index contributed by atoms with van der Waals surface area (Å²) in [6, 6.07) is 5.15. The lowest BCUT2D eigenvalue weighted by atomic mass is 10.2.